The van der Waals surface area contributed by atoms with Crippen molar-refractivity contribution < 1.29 is 14.4 Å². The molecular formula is C10H14N2O4. The molecule has 0 heterocycles. The Balaban J connectivity index is 3.04. The van der Waals surface area contributed by atoms with Crippen molar-refractivity contribution in [2.45, 2.75) is 0 Å². The SMILES string of the molecule is COCOc1ccc([N+](=O)[O-])cc1N(C)C. The third kappa shape index (κ3) is 2.83. The van der Waals surface area contributed by atoms with E-state index in [4.69, 9.17) is 9.47 Å². The van der Waals surface area contributed by atoms with Crippen molar-refractivity contribution in [3.63, 3.8) is 0 Å². The normalized spacial score (nSPS) is 9.94. The average molecular weight is 226 g/mol. The first-order chi connectivity index (χ1) is 7.56. The quantitative estimate of drug-likeness (QED) is 0.434. The zero-order valence-corrected chi connectivity index (χ0v) is 9.47. The van der Waals surface area contributed by atoms with Crippen LogP contribution in [0.3, 0.4) is 0 Å². The van der Waals surface area contributed by atoms with Gasteiger partial charge in [0.25, 0.3) is 5.69 Å². The van der Waals surface area contributed by atoms with Gasteiger partial charge in [-0.15, -0.1) is 0 Å². The molecule has 0 bridgehead atoms. The molecule has 0 radical (unpaired) electrons. The van der Waals surface area contributed by atoms with Crippen molar-refractivity contribution >= 4 is 11.4 Å². The summed E-state index contributed by atoms with van der Waals surface area (Å²) in [7, 11) is 5.10. The lowest BCUT2D eigenvalue weighted by molar-refractivity contribution is -0.384. The third-order valence-electron chi connectivity index (χ3n) is 1.97. The summed E-state index contributed by atoms with van der Waals surface area (Å²) in [5.74, 6) is 0.553. The fraction of sp³-hybridized carbons (Fsp3) is 0.400. The number of hydrogen-bond donors (Lipinski definition) is 0. The number of methoxy groups -OCH3 is 1. The van der Waals surface area contributed by atoms with E-state index in [0.717, 1.165) is 0 Å². The number of nitro groups is 1. The molecule has 0 aliphatic rings. The van der Waals surface area contributed by atoms with Gasteiger partial charge in [-0.25, -0.2) is 0 Å². The van der Waals surface area contributed by atoms with Crippen LogP contribution in [0.2, 0.25) is 0 Å². The van der Waals surface area contributed by atoms with E-state index in [1.807, 2.05) is 0 Å². The molecule has 0 aromatic heterocycles. The van der Waals surface area contributed by atoms with Crippen LogP contribution in [-0.2, 0) is 4.74 Å². The molecule has 6 heteroatoms. The van der Waals surface area contributed by atoms with Crippen molar-refractivity contribution in [3.05, 3.63) is 28.3 Å². The molecular weight excluding hydrogens is 212 g/mol. The van der Waals surface area contributed by atoms with Crippen molar-refractivity contribution in [2.75, 3.05) is 32.9 Å². The van der Waals surface area contributed by atoms with Crippen LogP contribution in [0.1, 0.15) is 0 Å². The second-order valence-corrected chi connectivity index (χ2v) is 3.35. The van der Waals surface area contributed by atoms with Gasteiger partial charge in [0, 0.05) is 33.3 Å². The number of benzene rings is 1. The Hall–Kier alpha value is -1.82. The van der Waals surface area contributed by atoms with E-state index in [9.17, 15) is 10.1 Å². The maximum Gasteiger partial charge on any atom is 0.271 e. The van der Waals surface area contributed by atoms with Gasteiger partial charge in [0.05, 0.1) is 10.6 Å². The molecule has 6 nitrogen and oxygen atoms in total. The lowest BCUT2D eigenvalue weighted by Crippen LogP contribution is -2.12. The Labute approximate surface area is 93.5 Å². The van der Waals surface area contributed by atoms with Crippen molar-refractivity contribution in [2.24, 2.45) is 0 Å². The second kappa shape index (κ2) is 5.32. The molecule has 1 aromatic carbocycles. The standard InChI is InChI=1S/C10H14N2O4/c1-11(2)9-6-8(12(13)14)4-5-10(9)16-7-15-3/h4-6H,7H2,1-3H3. The van der Waals surface area contributed by atoms with Gasteiger partial charge in [-0.05, 0) is 6.07 Å². The summed E-state index contributed by atoms with van der Waals surface area (Å²) in [6, 6.07) is 4.43. The molecule has 0 spiro atoms. The van der Waals surface area contributed by atoms with Crippen molar-refractivity contribution in [3.8, 4) is 5.75 Å². The first-order valence-corrected chi connectivity index (χ1v) is 4.63. The predicted octanol–water partition coefficient (Wildman–Crippen LogP) is 1.64. The number of anilines is 1. The lowest BCUT2D eigenvalue weighted by Gasteiger charge is -2.17. The van der Waals surface area contributed by atoms with E-state index in [1.54, 1.807) is 25.1 Å². The Kier molecular flexibility index (Phi) is 4.07. The van der Waals surface area contributed by atoms with E-state index < -0.39 is 4.92 Å². The third-order valence-corrected chi connectivity index (χ3v) is 1.97. The molecule has 16 heavy (non-hydrogen) atoms. The Morgan fingerprint density at radius 1 is 1.44 bits per heavy atom. The topological polar surface area (TPSA) is 64.8 Å². The zero-order valence-electron chi connectivity index (χ0n) is 9.47. The highest BCUT2D eigenvalue weighted by atomic mass is 16.7. The first-order valence-electron chi connectivity index (χ1n) is 4.63. The highest BCUT2D eigenvalue weighted by Crippen LogP contribution is 2.30. The number of ether oxygens (including phenoxy) is 2. The Morgan fingerprint density at radius 3 is 2.62 bits per heavy atom. The predicted molar refractivity (Wildman–Crippen MR) is 59.9 cm³/mol. The van der Waals surface area contributed by atoms with E-state index in [-0.39, 0.29) is 12.5 Å². The summed E-state index contributed by atoms with van der Waals surface area (Å²) in [4.78, 5) is 11.9. The van der Waals surface area contributed by atoms with Crippen LogP contribution in [-0.4, -0.2) is 32.9 Å². The Morgan fingerprint density at radius 2 is 2.12 bits per heavy atom. The molecule has 1 aromatic rings. The lowest BCUT2D eigenvalue weighted by atomic mass is 10.2. The van der Waals surface area contributed by atoms with Crippen LogP contribution in [0.4, 0.5) is 11.4 Å². The van der Waals surface area contributed by atoms with Crippen LogP contribution in [0.15, 0.2) is 18.2 Å². The monoisotopic (exact) mass is 226 g/mol. The van der Waals surface area contributed by atoms with Gasteiger partial charge in [-0.3, -0.25) is 10.1 Å². The van der Waals surface area contributed by atoms with Gasteiger partial charge >= 0.3 is 0 Å². The maximum atomic E-state index is 10.6. The van der Waals surface area contributed by atoms with Crippen LogP contribution < -0.4 is 9.64 Å². The van der Waals surface area contributed by atoms with Crippen LogP contribution in [0, 0.1) is 10.1 Å². The molecule has 0 amide bonds. The summed E-state index contributed by atoms with van der Waals surface area (Å²) in [5.41, 5.74) is 0.680. The smallest absolute Gasteiger partial charge is 0.271 e. The van der Waals surface area contributed by atoms with Crippen molar-refractivity contribution in [1.82, 2.24) is 0 Å². The fourth-order valence-corrected chi connectivity index (χ4v) is 1.21. The molecule has 0 atom stereocenters. The molecule has 0 unspecified atom stereocenters. The zero-order chi connectivity index (χ0) is 12.1. The van der Waals surface area contributed by atoms with E-state index in [2.05, 4.69) is 0 Å². The molecule has 0 saturated carbocycles. The summed E-state index contributed by atoms with van der Waals surface area (Å²) in [6.07, 6.45) is 0. The molecule has 0 aliphatic heterocycles. The number of hydrogen-bond acceptors (Lipinski definition) is 5. The number of rotatable bonds is 5. The average Bonchev–Trinajstić information content (AvgIpc) is 2.25. The number of nitrogens with zero attached hydrogens (tertiary/aromatic N) is 2. The maximum absolute atomic E-state index is 10.6. The summed E-state index contributed by atoms with van der Waals surface area (Å²) < 4.78 is 10.1. The van der Waals surface area contributed by atoms with Crippen LogP contribution >= 0.6 is 0 Å². The second-order valence-electron chi connectivity index (χ2n) is 3.35. The molecule has 0 fully saturated rings. The molecule has 0 saturated heterocycles. The van der Waals surface area contributed by atoms with Crippen molar-refractivity contribution in [1.29, 1.82) is 0 Å². The Bertz CT molecular complexity index is 379. The van der Waals surface area contributed by atoms with E-state index in [1.165, 1.54) is 19.2 Å². The van der Waals surface area contributed by atoms with Gasteiger partial charge in [0.1, 0.15) is 5.75 Å². The summed E-state index contributed by atoms with van der Waals surface area (Å²) in [6.45, 7) is 0.110. The van der Waals surface area contributed by atoms with Crippen LogP contribution in [0.5, 0.6) is 5.75 Å². The summed E-state index contributed by atoms with van der Waals surface area (Å²) in [5, 5.41) is 10.6. The summed E-state index contributed by atoms with van der Waals surface area (Å²) >= 11 is 0. The largest absolute Gasteiger partial charge is 0.465 e. The van der Waals surface area contributed by atoms with Gasteiger partial charge in [0.15, 0.2) is 6.79 Å². The highest BCUT2D eigenvalue weighted by Gasteiger charge is 2.12. The van der Waals surface area contributed by atoms with Gasteiger partial charge < -0.3 is 14.4 Å². The minimum Gasteiger partial charge on any atom is -0.465 e. The molecule has 0 N–H and O–H groups in total. The minimum absolute atomic E-state index is 0.0356. The highest BCUT2D eigenvalue weighted by molar-refractivity contribution is 5.62. The van der Waals surface area contributed by atoms with E-state index in [0.29, 0.717) is 11.4 Å². The number of non-ortho nitro benzene ring substituents is 1. The fourth-order valence-electron chi connectivity index (χ4n) is 1.21. The minimum atomic E-state index is -0.437. The molecule has 1 rings (SSSR count). The van der Waals surface area contributed by atoms with Gasteiger partial charge in [-0.2, -0.15) is 0 Å². The van der Waals surface area contributed by atoms with E-state index >= 15 is 0 Å². The van der Waals surface area contributed by atoms with Gasteiger partial charge in [-0.1, -0.05) is 0 Å². The molecule has 88 valence electrons. The number of nitro benzene ring substituents is 1. The van der Waals surface area contributed by atoms with Gasteiger partial charge in [0.2, 0.25) is 0 Å². The first kappa shape index (κ1) is 12.3. The van der Waals surface area contributed by atoms with Crippen LogP contribution in [0.25, 0.3) is 0 Å². The molecule has 0 aliphatic carbocycles.